The lowest BCUT2D eigenvalue weighted by Gasteiger charge is -2.28. The van der Waals surface area contributed by atoms with Gasteiger partial charge in [0.2, 0.25) is 27.7 Å². The summed E-state index contributed by atoms with van der Waals surface area (Å²) in [5, 5.41) is 3.61. The zero-order valence-electron chi connectivity index (χ0n) is 28.6. The van der Waals surface area contributed by atoms with Crippen molar-refractivity contribution < 1.29 is 37.0 Å². The summed E-state index contributed by atoms with van der Waals surface area (Å²) in [6, 6.07) is 3.56. The van der Waals surface area contributed by atoms with E-state index in [0.29, 0.717) is 54.2 Å². The average Bonchev–Trinajstić information content (AvgIpc) is 3.94. The zero-order valence-corrected chi connectivity index (χ0v) is 29.4. The van der Waals surface area contributed by atoms with Gasteiger partial charge in [-0.15, -0.1) is 0 Å². The summed E-state index contributed by atoms with van der Waals surface area (Å²) in [6.07, 6.45) is 8.29. The first kappa shape index (κ1) is 34.9. The summed E-state index contributed by atoms with van der Waals surface area (Å²) < 4.78 is 45.2. The van der Waals surface area contributed by atoms with Crippen LogP contribution in [0, 0.1) is 12.8 Å². The molecule has 266 valence electrons. The van der Waals surface area contributed by atoms with Gasteiger partial charge in [0.05, 0.1) is 36.6 Å². The number of aromatic nitrogens is 1. The van der Waals surface area contributed by atoms with Gasteiger partial charge >= 0.3 is 0 Å². The summed E-state index contributed by atoms with van der Waals surface area (Å²) >= 11 is 0. The Morgan fingerprint density at radius 2 is 1.96 bits per heavy atom. The van der Waals surface area contributed by atoms with Gasteiger partial charge in [0.15, 0.2) is 0 Å². The van der Waals surface area contributed by atoms with E-state index in [4.69, 9.17) is 19.9 Å². The second kappa shape index (κ2) is 13.4. The van der Waals surface area contributed by atoms with Crippen LogP contribution in [0.2, 0.25) is 0 Å². The summed E-state index contributed by atoms with van der Waals surface area (Å²) in [6.45, 7) is 5.83. The van der Waals surface area contributed by atoms with Gasteiger partial charge in [-0.3, -0.25) is 19.1 Å². The molecule has 13 nitrogen and oxygen atoms in total. The molecule has 4 aliphatic rings. The number of carbonyl (C=O) groups is 3. The number of fused-ring (bicyclic) bond motifs is 3. The third-order valence-corrected chi connectivity index (χ3v) is 12.6. The van der Waals surface area contributed by atoms with E-state index in [2.05, 4.69) is 15.0 Å². The molecule has 0 spiro atoms. The van der Waals surface area contributed by atoms with Crippen LogP contribution < -0.4 is 30.0 Å². The molecule has 5 atom stereocenters. The second-order valence-electron chi connectivity index (χ2n) is 14.0. The van der Waals surface area contributed by atoms with Crippen molar-refractivity contribution >= 4 is 38.6 Å². The first-order valence-electron chi connectivity index (χ1n) is 17.2. The Bertz CT molecular complexity index is 1780. The van der Waals surface area contributed by atoms with Crippen LogP contribution in [-0.2, 0) is 24.4 Å². The van der Waals surface area contributed by atoms with Crippen LogP contribution >= 0.6 is 0 Å². The van der Waals surface area contributed by atoms with Crippen LogP contribution in [0.5, 0.6) is 17.4 Å². The van der Waals surface area contributed by atoms with Crippen LogP contribution in [0.15, 0.2) is 30.4 Å². The highest BCUT2D eigenvalue weighted by Gasteiger charge is 2.63. The Balaban J connectivity index is 1.30. The van der Waals surface area contributed by atoms with Crippen molar-refractivity contribution in [3.05, 3.63) is 35.9 Å². The molecule has 2 aliphatic heterocycles. The second-order valence-corrected chi connectivity index (χ2v) is 16.2. The normalized spacial score (nSPS) is 29.0. The van der Waals surface area contributed by atoms with E-state index in [0.717, 1.165) is 31.2 Å². The van der Waals surface area contributed by atoms with Crippen LogP contribution in [0.1, 0.15) is 77.2 Å². The number of aryl methyl sites for hydroxylation is 1. The van der Waals surface area contributed by atoms with Gasteiger partial charge in [-0.2, -0.15) is 0 Å². The minimum atomic E-state index is -3.94. The first-order chi connectivity index (χ1) is 23.3. The van der Waals surface area contributed by atoms with E-state index in [-0.39, 0.29) is 31.2 Å². The number of allylic oxidation sites excluding steroid dienone is 1. The Morgan fingerprint density at radius 3 is 2.67 bits per heavy atom. The Morgan fingerprint density at radius 1 is 1.18 bits per heavy atom. The van der Waals surface area contributed by atoms with E-state index in [9.17, 15) is 22.8 Å². The number of hydrogen-bond donors (Lipinski definition) is 3. The minimum Gasteiger partial charge on any atom is -0.496 e. The van der Waals surface area contributed by atoms with Crippen LogP contribution in [0.25, 0.3) is 10.9 Å². The van der Waals surface area contributed by atoms with Gasteiger partial charge in [0, 0.05) is 29.4 Å². The summed E-state index contributed by atoms with van der Waals surface area (Å²) in [7, 11) is -2.35. The number of hydrogen-bond acceptors (Lipinski definition) is 10. The van der Waals surface area contributed by atoms with Crippen molar-refractivity contribution in [2.45, 2.75) is 107 Å². The maximum absolute atomic E-state index is 14.2. The fourth-order valence-electron chi connectivity index (χ4n) is 6.92. The molecule has 3 heterocycles. The molecule has 14 heteroatoms. The molecule has 49 heavy (non-hydrogen) atoms. The number of ether oxygens (including phenoxy) is 3. The SMILES string of the molecule is CCOc1cc(O[C@@H]2C[C@H]3C(=O)N[C@]4(C(=O)NS(=O)(=O)C5(C)CC5)CC4/C=C\CCCCC[C@H](N)C(=O)N3C2)c2ccc(OC)c(C)c2n1. The molecule has 2 saturated carbocycles. The fourth-order valence-corrected chi connectivity index (χ4v) is 8.23. The van der Waals surface area contributed by atoms with Crippen molar-refractivity contribution in [1.29, 1.82) is 0 Å². The third-order valence-electron chi connectivity index (χ3n) is 10.4. The van der Waals surface area contributed by atoms with Crippen LogP contribution in [0.3, 0.4) is 0 Å². The molecule has 0 bridgehead atoms. The fraction of sp³-hybridized carbons (Fsp3) is 0.600. The highest BCUT2D eigenvalue weighted by Crippen LogP contribution is 2.47. The molecule has 3 amide bonds. The summed E-state index contributed by atoms with van der Waals surface area (Å²) in [4.78, 5) is 47.8. The number of carbonyl (C=O) groups excluding carboxylic acids is 3. The van der Waals surface area contributed by atoms with Gasteiger partial charge in [0.1, 0.15) is 29.2 Å². The molecule has 2 aliphatic carbocycles. The number of pyridine rings is 1. The maximum atomic E-state index is 14.2. The number of methoxy groups -OCH3 is 1. The molecule has 1 unspecified atom stereocenters. The van der Waals surface area contributed by atoms with E-state index in [1.807, 2.05) is 38.1 Å². The summed E-state index contributed by atoms with van der Waals surface area (Å²) in [5.74, 6) is -0.572. The highest BCUT2D eigenvalue weighted by molar-refractivity contribution is 7.91. The molecule has 3 fully saturated rings. The van der Waals surface area contributed by atoms with Gasteiger partial charge in [-0.1, -0.05) is 25.0 Å². The number of rotatable bonds is 8. The molecule has 4 N–H and O–H groups in total. The highest BCUT2D eigenvalue weighted by atomic mass is 32.2. The quantitative estimate of drug-likeness (QED) is 0.347. The Hall–Kier alpha value is -3.91. The van der Waals surface area contributed by atoms with Crippen molar-refractivity contribution in [2.75, 3.05) is 20.3 Å². The summed E-state index contributed by atoms with van der Waals surface area (Å²) in [5.41, 5.74) is 6.40. The van der Waals surface area contributed by atoms with E-state index >= 15 is 0 Å². The molecule has 1 aromatic carbocycles. The Labute approximate surface area is 287 Å². The smallest absolute Gasteiger partial charge is 0.259 e. The standard InChI is InChI=1S/C35H47N5O8S/c1-5-47-29-18-28(24-13-14-27(46-4)21(2)30(24)37-29)48-23-17-26-31(41)38-35(33(43)39-49(44,45)34(3)15-16-34)19-22(35)11-9-7-6-8-10-12-25(36)32(42)40(26)20-23/h9,11,13-14,18,22-23,25-26H,5-8,10,12,15-17,19-20,36H2,1-4H3,(H,38,41)(H,39,43)/b11-9-/t22?,23-,25+,26+,35-/m1/s1. The largest absolute Gasteiger partial charge is 0.496 e. The van der Waals surface area contributed by atoms with E-state index in [1.54, 1.807) is 20.1 Å². The molecule has 1 saturated heterocycles. The lowest BCUT2D eigenvalue weighted by Crippen LogP contribution is -2.58. The number of nitrogens with one attached hydrogen (secondary N) is 2. The van der Waals surface area contributed by atoms with Crippen molar-refractivity contribution in [1.82, 2.24) is 19.9 Å². The minimum absolute atomic E-state index is 0.0861. The van der Waals surface area contributed by atoms with Gasteiger partial charge < -0.3 is 30.2 Å². The van der Waals surface area contributed by atoms with Crippen LogP contribution in [-0.4, -0.2) is 84.8 Å². The predicted molar refractivity (Wildman–Crippen MR) is 183 cm³/mol. The molecule has 0 radical (unpaired) electrons. The van der Waals surface area contributed by atoms with Crippen molar-refractivity contribution in [2.24, 2.45) is 11.7 Å². The monoisotopic (exact) mass is 697 g/mol. The predicted octanol–water partition coefficient (Wildman–Crippen LogP) is 3.02. The number of sulfonamides is 1. The zero-order chi connectivity index (χ0) is 35.1. The number of amides is 3. The van der Waals surface area contributed by atoms with Crippen LogP contribution in [0.4, 0.5) is 0 Å². The lowest BCUT2D eigenvalue weighted by atomic mass is 10.1. The molecule has 6 rings (SSSR count). The number of benzene rings is 1. The average molecular weight is 698 g/mol. The molecular formula is C35H47N5O8S. The molecule has 2 aromatic rings. The van der Waals surface area contributed by atoms with Crippen molar-refractivity contribution in [3.8, 4) is 17.4 Å². The van der Waals surface area contributed by atoms with Gasteiger partial charge in [0.25, 0.3) is 5.91 Å². The molecular weight excluding hydrogens is 650 g/mol. The van der Waals surface area contributed by atoms with Gasteiger partial charge in [-0.25, -0.2) is 13.4 Å². The van der Waals surface area contributed by atoms with Gasteiger partial charge in [-0.05, 0) is 71.4 Å². The maximum Gasteiger partial charge on any atom is 0.259 e. The van der Waals surface area contributed by atoms with E-state index < -0.39 is 50.3 Å². The first-order valence-corrected chi connectivity index (χ1v) is 18.7. The van der Waals surface area contributed by atoms with Crippen molar-refractivity contribution in [3.63, 3.8) is 0 Å². The number of nitrogens with two attached hydrogens (primary N) is 1. The molecule has 1 aromatic heterocycles. The lowest BCUT2D eigenvalue weighted by molar-refractivity contribution is -0.140. The number of nitrogens with zero attached hydrogens (tertiary/aromatic N) is 2. The van der Waals surface area contributed by atoms with E-state index in [1.165, 1.54) is 4.90 Å². The Kier molecular flexibility index (Phi) is 9.57. The third kappa shape index (κ3) is 6.81. The topological polar surface area (TPSA) is 179 Å².